The molecule has 4 aromatic carbocycles. The molecule has 0 fully saturated rings. The minimum absolute atomic E-state index is 0.211. The van der Waals surface area contributed by atoms with Gasteiger partial charge in [0.2, 0.25) is 0 Å². The van der Waals surface area contributed by atoms with E-state index in [1.54, 1.807) is 36.4 Å². The molecular formula is C33H32ClN3O6. The highest BCUT2D eigenvalue weighted by molar-refractivity contribution is 6.32. The number of ether oxygens (including phenoxy) is 4. The van der Waals surface area contributed by atoms with Crippen molar-refractivity contribution in [3.63, 3.8) is 0 Å². The number of carbonyl (C=O) groups is 2. The molecule has 0 spiro atoms. The summed E-state index contributed by atoms with van der Waals surface area (Å²) in [5.74, 6) is 0.709. The number of carbonyl (C=O) groups excluding carboxylic acids is 2. The number of aryl methyl sites for hydroxylation is 1. The molecule has 0 atom stereocenters. The fourth-order valence-electron chi connectivity index (χ4n) is 4.01. The van der Waals surface area contributed by atoms with Gasteiger partial charge in [0.15, 0.2) is 29.6 Å². The van der Waals surface area contributed by atoms with E-state index in [0.29, 0.717) is 47.3 Å². The molecule has 0 saturated heterocycles. The van der Waals surface area contributed by atoms with E-state index >= 15 is 0 Å². The Labute approximate surface area is 255 Å². The molecule has 4 rings (SSSR count). The lowest BCUT2D eigenvalue weighted by Gasteiger charge is -2.13. The van der Waals surface area contributed by atoms with Crippen molar-refractivity contribution in [2.24, 2.45) is 5.10 Å². The smallest absolute Gasteiger partial charge is 0.271 e. The Bertz CT molecular complexity index is 1590. The summed E-state index contributed by atoms with van der Waals surface area (Å²) in [7, 11) is 1.46. The van der Waals surface area contributed by atoms with Crippen molar-refractivity contribution < 1.29 is 28.5 Å². The van der Waals surface area contributed by atoms with Crippen LogP contribution in [0.15, 0.2) is 90.0 Å². The summed E-state index contributed by atoms with van der Waals surface area (Å²) in [6, 6.07) is 25.3. The Morgan fingerprint density at radius 1 is 0.884 bits per heavy atom. The van der Waals surface area contributed by atoms with Gasteiger partial charge in [-0.15, -0.1) is 0 Å². The van der Waals surface area contributed by atoms with Crippen LogP contribution in [0.5, 0.6) is 23.0 Å². The van der Waals surface area contributed by atoms with Gasteiger partial charge in [-0.1, -0.05) is 54.1 Å². The molecule has 0 aliphatic heterocycles. The minimum atomic E-state index is -0.440. The largest absolute Gasteiger partial charge is 0.493 e. The third-order valence-corrected chi connectivity index (χ3v) is 6.30. The van der Waals surface area contributed by atoms with Crippen molar-refractivity contribution in [3.8, 4) is 23.0 Å². The number of halogens is 1. The van der Waals surface area contributed by atoms with Crippen LogP contribution in [0, 0.1) is 6.92 Å². The maximum absolute atomic E-state index is 12.8. The summed E-state index contributed by atoms with van der Waals surface area (Å²) in [5, 5.41) is 7.04. The molecule has 9 nitrogen and oxygen atoms in total. The zero-order valence-electron chi connectivity index (χ0n) is 24.1. The predicted octanol–water partition coefficient (Wildman–Crippen LogP) is 6.42. The van der Waals surface area contributed by atoms with Crippen LogP contribution < -0.4 is 29.7 Å². The van der Waals surface area contributed by atoms with Crippen molar-refractivity contribution in [2.45, 2.75) is 20.5 Å². The molecule has 43 heavy (non-hydrogen) atoms. The maximum atomic E-state index is 12.8. The highest BCUT2D eigenvalue weighted by atomic mass is 35.5. The number of rotatable bonds is 13. The number of hydrogen-bond acceptors (Lipinski definition) is 7. The zero-order valence-corrected chi connectivity index (χ0v) is 24.8. The molecule has 222 valence electrons. The molecule has 0 radical (unpaired) electrons. The topological polar surface area (TPSA) is 107 Å². The van der Waals surface area contributed by atoms with Gasteiger partial charge in [-0.05, 0) is 73.0 Å². The summed E-state index contributed by atoms with van der Waals surface area (Å²) in [6.07, 6.45) is 1.42. The van der Waals surface area contributed by atoms with Gasteiger partial charge in [-0.2, -0.15) is 5.10 Å². The lowest BCUT2D eigenvalue weighted by atomic mass is 10.2. The van der Waals surface area contributed by atoms with Crippen LogP contribution in [0.4, 0.5) is 5.69 Å². The summed E-state index contributed by atoms with van der Waals surface area (Å²) in [6.45, 7) is 4.30. The van der Waals surface area contributed by atoms with Gasteiger partial charge in [0.1, 0.15) is 6.61 Å². The van der Waals surface area contributed by atoms with Crippen molar-refractivity contribution in [3.05, 3.63) is 112 Å². The molecule has 4 aromatic rings. The van der Waals surface area contributed by atoms with Gasteiger partial charge in [-0.25, -0.2) is 5.43 Å². The molecule has 0 bridgehead atoms. The summed E-state index contributed by atoms with van der Waals surface area (Å²) in [5.41, 5.74) is 6.09. The minimum Gasteiger partial charge on any atom is -0.493 e. The Kier molecular flexibility index (Phi) is 11.0. The first kappa shape index (κ1) is 30.9. The molecule has 0 aliphatic rings. The SMILES string of the molecule is CCOc1cc(C(=O)N/N=C/c2cc(Cl)c(OCC(=O)Nc3cccc(C)c3)c(OC)c2)ccc1OCc1ccccc1. The first-order valence-electron chi connectivity index (χ1n) is 13.5. The highest BCUT2D eigenvalue weighted by Gasteiger charge is 2.15. The molecule has 10 heteroatoms. The highest BCUT2D eigenvalue weighted by Crippen LogP contribution is 2.36. The third kappa shape index (κ3) is 8.98. The molecule has 0 aliphatic carbocycles. The van der Waals surface area contributed by atoms with Crippen LogP contribution in [0.25, 0.3) is 0 Å². The van der Waals surface area contributed by atoms with Crippen molar-refractivity contribution >= 4 is 35.3 Å². The number of hydrazone groups is 1. The third-order valence-electron chi connectivity index (χ3n) is 6.02. The van der Waals surface area contributed by atoms with Crippen molar-refractivity contribution in [2.75, 3.05) is 25.6 Å². The number of anilines is 1. The molecule has 2 amide bonds. The number of methoxy groups -OCH3 is 1. The second-order valence-electron chi connectivity index (χ2n) is 9.31. The molecule has 0 heterocycles. The van der Waals surface area contributed by atoms with E-state index in [4.69, 9.17) is 30.5 Å². The van der Waals surface area contributed by atoms with E-state index in [0.717, 1.165) is 11.1 Å². The monoisotopic (exact) mass is 601 g/mol. The number of amides is 2. The lowest BCUT2D eigenvalue weighted by molar-refractivity contribution is -0.118. The fraction of sp³-hybridized carbons (Fsp3) is 0.182. The Balaban J connectivity index is 1.37. The summed E-state index contributed by atoms with van der Waals surface area (Å²) in [4.78, 5) is 25.2. The number of benzene rings is 4. The maximum Gasteiger partial charge on any atom is 0.271 e. The average Bonchev–Trinajstić information content (AvgIpc) is 3.00. The number of nitrogens with zero attached hydrogens (tertiary/aromatic N) is 1. The Morgan fingerprint density at radius 3 is 2.44 bits per heavy atom. The van der Waals surface area contributed by atoms with Gasteiger partial charge in [-0.3, -0.25) is 9.59 Å². The second kappa shape index (κ2) is 15.3. The van der Waals surface area contributed by atoms with E-state index in [-0.39, 0.29) is 23.3 Å². The van der Waals surface area contributed by atoms with Crippen LogP contribution in [0.2, 0.25) is 5.02 Å². The van der Waals surface area contributed by atoms with E-state index in [1.165, 1.54) is 13.3 Å². The van der Waals surface area contributed by atoms with E-state index in [1.807, 2.05) is 62.4 Å². The van der Waals surface area contributed by atoms with Crippen LogP contribution in [0.3, 0.4) is 0 Å². The van der Waals surface area contributed by atoms with Crippen LogP contribution >= 0.6 is 11.6 Å². The normalized spacial score (nSPS) is 10.7. The van der Waals surface area contributed by atoms with E-state index < -0.39 is 5.91 Å². The number of nitrogens with one attached hydrogen (secondary N) is 2. The van der Waals surface area contributed by atoms with Crippen LogP contribution in [-0.4, -0.2) is 38.4 Å². The van der Waals surface area contributed by atoms with Gasteiger partial charge in [0.25, 0.3) is 11.8 Å². The zero-order chi connectivity index (χ0) is 30.6. The van der Waals surface area contributed by atoms with E-state index in [2.05, 4.69) is 15.8 Å². The molecule has 2 N–H and O–H groups in total. The second-order valence-corrected chi connectivity index (χ2v) is 9.72. The first-order valence-corrected chi connectivity index (χ1v) is 13.9. The van der Waals surface area contributed by atoms with Crippen molar-refractivity contribution in [1.82, 2.24) is 5.43 Å². The lowest BCUT2D eigenvalue weighted by Crippen LogP contribution is -2.20. The first-order chi connectivity index (χ1) is 20.9. The average molecular weight is 602 g/mol. The molecule has 0 unspecified atom stereocenters. The fourth-order valence-corrected chi connectivity index (χ4v) is 4.29. The number of hydrogen-bond donors (Lipinski definition) is 2. The Morgan fingerprint density at radius 2 is 1.70 bits per heavy atom. The molecule has 0 aromatic heterocycles. The van der Waals surface area contributed by atoms with Gasteiger partial charge < -0.3 is 24.3 Å². The molecular weight excluding hydrogens is 570 g/mol. The predicted molar refractivity (Wildman–Crippen MR) is 167 cm³/mol. The van der Waals surface area contributed by atoms with Gasteiger partial charge >= 0.3 is 0 Å². The molecule has 0 saturated carbocycles. The van der Waals surface area contributed by atoms with Gasteiger partial charge in [0, 0.05) is 11.3 Å². The van der Waals surface area contributed by atoms with Crippen LogP contribution in [-0.2, 0) is 11.4 Å². The van der Waals surface area contributed by atoms with Crippen LogP contribution in [0.1, 0.15) is 34.0 Å². The standard InChI is InChI=1S/C33H32ClN3O6/c1-4-41-29-18-25(13-14-28(29)42-20-23-10-6-5-7-11-23)33(39)37-35-19-24-16-27(34)32(30(17-24)40-3)43-21-31(38)36-26-12-8-9-22(2)15-26/h5-19H,4,20-21H2,1-3H3,(H,36,38)(H,37,39)/b35-19+. The van der Waals surface area contributed by atoms with E-state index in [9.17, 15) is 9.59 Å². The Hall–Kier alpha value is -5.02. The quantitative estimate of drug-likeness (QED) is 0.135. The summed E-state index contributed by atoms with van der Waals surface area (Å²) >= 11 is 6.43. The summed E-state index contributed by atoms with van der Waals surface area (Å²) < 4.78 is 22.7. The van der Waals surface area contributed by atoms with Gasteiger partial charge in [0.05, 0.1) is 25.0 Å². The van der Waals surface area contributed by atoms with Crippen molar-refractivity contribution in [1.29, 1.82) is 0 Å².